The summed E-state index contributed by atoms with van der Waals surface area (Å²) in [6.45, 7) is 0.737. The molecule has 0 saturated heterocycles. The minimum Gasteiger partial charge on any atom is -0.478 e. The van der Waals surface area contributed by atoms with Gasteiger partial charge in [0.1, 0.15) is 5.60 Å². The van der Waals surface area contributed by atoms with Crippen molar-refractivity contribution in [1.82, 2.24) is 0 Å². The van der Waals surface area contributed by atoms with Crippen molar-refractivity contribution in [2.45, 2.75) is 39.6 Å². The van der Waals surface area contributed by atoms with Crippen LogP contribution in [0.2, 0.25) is 0 Å². The summed E-state index contributed by atoms with van der Waals surface area (Å²) >= 11 is 0. The Labute approximate surface area is 121 Å². The van der Waals surface area contributed by atoms with Crippen LogP contribution in [-0.2, 0) is 9.59 Å². The number of carboxylic acids is 1. The molecule has 4 heteroatoms. The number of rotatable bonds is 3. The van der Waals surface area contributed by atoms with E-state index in [0.717, 1.165) is 18.2 Å². The van der Waals surface area contributed by atoms with Crippen LogP contribution in [0.3, 0.4) is 0 Å². The number of carboxylic acid groups (broad SMARTS) is 1. The normalized spacial score (nSPS) is 36.0. The third-order valence-electron chi connectivity index (χ3n) is 2.94. The summed E-state index contributed by atoms with van der Waals surface area (Å²) in [4.78, 5) is 22.9. The van der Waals surface area contributed by atoms with Crippen molar-refractivity contribution in [3.8, 4) is 0 Å². The van der Waals surface area contributed by atoms with Crippen LogP contribution >= 0.6 is 0 Å². The van der Waals surface area contributed by atoms with E-state index in [9.17, 15) is 14.7 Å². The van der Waals surface area contributed by atoms with E-state index in [1.807, 2.05) is 0 Å². The van der Waals surface area contributed by atoms with E-state index in [1.54, 1.807) is 0 Å². The molecule has 19 heavy (non-hydrogen) atoms. The van der Waals surface area contributed by atoms with Gasteiger partial charge in [-0.1, -0.05) is 19.9 Å². The molecule has 0 unspecified atom stereocenters. The van der Waals surface area contributed by atoms with Crippen molar-refractivity contribution in [3.63, 3.8) is 0 Å². The molecule has 0 aliphatic heterocycles. The van der Waals surface area contributed by atoms with Crippen LogP contribution in [0, 0.1) is 5.41 Å². The van der Waals surface area contributed by atoms with Crippen molar-refractivity contribution < 1.29 is 28.0 Å². The highest BCUT2D eigenvalue weighted by molar-refractivity contribution is 5.92. The second-order valence-corrected chi connectivity index (χ2v) is 4.91. The van der Waals surface area contributed by atoms with Gasteiger partial charge in [-0.25, -0.2) is 4.79 Å². The van der Waals surface area contributed by atoms with Crippen LogP contribution in [-0.4, -0.2) is 27.6 Å². The van der Waals surface area contributed by atoms with Gasteiger partial charge in [-0.15, -0.1) is 0 Å². The summed E-state index contributed by atoms with van der Waals surface area (Å²) in [5, 5.41) is 19.8. The first-order chi connectivity index (χ1) is 11.0. The lowest BCUT2D eigenvalue weighted by Crippen LogP contribution is -2.48. The second-order valence-electron chi connectivity index (χ2n) is 4.91. The van der Waals surface area contributed by atoms with E-state index in [4.69, 9.17) is 13.3 Å². The van der Waals surface area contributed by atoms with E-state index in [0.29, 0.717) is 0 Å². The number of aliphatic carboxylic acids is 1. The van der Waals surface area contributed by atoms with E-state index >= 15 is 0 Å². The average Bonchev–Trinajstić information content (AvgIpc) is 2.40. The molecule has 0 bridgehead atoms. The van der Waals surface area contributed by atoms with E-state index < -0.39 is 47.6 Å². The summed E-state index contributed by atoms with van der Waals surface area (Å²) < 4.78 is 46.5. The van der Waals surface area contributed by atoms with Gasteiger partial charge in [0.25, 0.3) is 0 Å². The maximum Gasteiger partial charge on any atom is 0.328 e. The molecule has 0 heterocycles. The predicted octanol–water partition coefficient (Wildman–Crippen LogP) is 2.25. The first-order valence-corrected chi connectivity index (χ1v) is 5.59. The number of carbonyl (C=O) groups excluding carboxylic acids is 1. The van der Waals surface area contributed by atoms with Crippen LogP contribution in [0.15, 0.2) is 35.4 Å². The second kappa shape index (κ2) is 5.13. The van der Waals surface area contributed by atoms with Gasteiger partial charge in [0, 0.05) is 24.7 Å². The molecule has 0 aromatic heterocycles. The molecule has 1 rings (SSSR count). The molecule has 0 radical (unpaired) electrons. The molecule has 0 fully saturated rings. The zero-order chi connectivity index (χ0) is 20.0. The Balaban J connectivity index is 3.78. The Kier molecular flexibility index (Phi) is 2.29. The Bertz CT molecular complexity index is 699. The fraction of sp³-hybridized carbons (Fsp3) is 0.467. The van der Waals surface area contributed by atoms with Gasteiger partial charge in [0.2, 0.25) is 0 Å². The molecule has 0 aromatic carbocycles. The fourth-order valence-corrected chi connectivity index (χ4v) is 1.72. The van der Waals surface area contributed by atoms with E-state index in [-0.39, 0.29) is 5.57 Å². The van der Waals surface area contributed by atoms with Crippen LogP contribution in [0.4, 0.5) is 0 Å². The maximum atomic E-state index is 12.2. The van der Waals surface area contributed by atoms with Gasteiger partial charge in [0.05, 0.1) is 1.37 Å². The zero-order valence-electron chi connectivity index (χ0n) is 16.9. The smallest absolute Gasteiger partial charge is 0.328 e. The van der Waals surface area contributed by atoms with Crippen LogP contribution in [0.25, 0.3) is 0 Å². The lowest BCUT2D eigenvalue weighted by molar-refractivity contribution is -0.131. The maximum absolute atomic E-state index is 12.2. The molecule has 1 aliphatic carbocycles. The van der Waals surface area contributed by atoms with E-state index in [2.05, 4.69) is 0 Å². The number of allylic oxidation sites excluding steroid dienone is 3. The highest BCUT2D eigenvalue weighted by Gasteiger charge is 2.46. The van der Waals surface area contributed by atoms with Crippen LogP contribution in [0.1, 0.15) is 42.2 Å². The Morgan fingerprint density at radius 3 is 2.79 bits per heavy atom. The summed E-state index contributed by atoms with van der Waals surface area (Å²) in [5.74, 6) is -2.57. The quantitative estimate of drug-likeness (QED) is 0.609. The van der Waals surface area contributed by atoms with Crippen molar-refractivity contribution in [2.24, 2.45) is 5.41 Å². The molecule has 0 amide bonds. The minimum absolute atomic E-state index is 0.158. The van der Waals surface area contributed by atoms with Crippen molar-refractivity contribution in [2.75, 3.05) is 0 Å². The zero-order valence-corrected chi connectivity index (χ0v) is 10.9. The predicted molar refractivity (Wildman–Crippen MR) is 72.6 cm³/mol. The van der Waals surface area contributed by atoms with E-state index in [1.165, 1.54) is 20.8 Å². The van der Waals surface area contributed by atoms with Crippen molar-refractivity contribution >= 4 is 11.8 Å². The van der Waals surface area contributed by atoms with Gasteiger partial charge in [-0.2, -0.15) is 0 Å². The highest BCUT2D eigenvalue weighted by Crippen LogP contribution is 2.44. The Morgan fingerprint density at radius 1 is 1.63 bits per heavy atom. The van der Waals surface area contributed by atoms with Gasteiger partial charge in [-0.05, 0) is 37.0 Å². The van der Waals surface area contributed by atoms with Gasteiger partial charge < -0.3 is 10.2 Å². The van der Waals surface area contributed by atoms with Crippen molar-refractivity contribution in [1.29, 1.82) is 0 Å². The molecule has 104 valence electrons. The molecule has 1 aliphatic rings. The number of aliphatic hydroxyl groups is 1. The summed E-state index contributed by atoms with van der Waals surface area (Å²) in [7, 11) is 0. The monoisotopic (exact) mass is 270 g/mol. The molecule has 4 nitrogen and oxygen atoms in total. The van der Waals surface area contributed by atoms with Crippen molar-refractivity contribution in [3.05, 3.63) is 35.4 Å². The topological polar surface area (TPSA) is 74.6 Å². The van der Waals surface area contributed by atoms with Crippen LogP contribution in [0.5, 0.6) is 0 Å². The van der Waals surface area contributed by atoms with Gasteiger partial charge in [0.15, 0.2) is 5.78 Å². The fourth-order valence-electron chi connectivity index (χ4n) is 1.72. The molecule has 0 saturated carbocycles. The lowest BCUT2D eigenvalue weighted by Gasteiger charge is -2.43. The molecule has 0 spiro atoms. The third-order valence-corrected chi connectivity index (χ3v) is 2.94. The average molecular weight is 270 g/mol. The first-order valence-electron chi connectivity index (χ1n) is 8.59. The third kappa shape index (κ3) is 3.20. The minimum atomic E-state index is -3.02. The SMILES string of the molecule is [2H]C1=C(C([2H])([2H])[2H])[C@](O)(/C=C/C(C)=C\C(=O)O)C(C)(C)C([2H])([2H])C1=O. The number of carbonyl (C=O) groups is 2. The summed E-state index contributed by atoms with van der Waals surface area (Å²) in [5.41, 5.74) is -5.15. The number of ketones is 1. The largest absolute Gasteiger partial charge is 0.478 e. The highest BCUT2D eigenvalue weighted by atomic mass is 16.4. The summed E-state index contributed by atoms with van der Waals surface area (Å²) in [6.07, 6.45) is 0.168. The number of hydrogen-bond acceptors (Lipinski definition) is 3. The molecular formula is C15H20O4. The molecular weight excluding hydrogens is 244 g/mol. The standard InChI is InChI=1S/C15H20O4/c1-10(7-13(17)18)5-6-15(19)11(2)8-12(16)9-14(15,3)4/h5-8,19H,9H2,1-4H3,(H,17,18)/b6-5+,10-7-/t15-/m1/s1/i2D3,8D,9D2. The lowest BCUT2D eigenvalue weighted by atomic mass is 9.64. The first kappa shape index (κ1) is 8.48. The Hall–Kier alpha value is -1.68. The molecule has 2 N–H and O–H groups in total. The molecule has 0 aromatic rings. The summed E-state index contributed by atoms with van der Waals surface area (Å²) in [6, 6.07) is -1.10. The molecule has 1 atom stereocenters. The number of hydrogen-bond donors (Lipinski definition) is 2. The Morgan fingerprint density at radius 2 is 2.26 bits per heavy atom. The van der Waals surface area contributed by atoms with Crippen LogP contribution < -0.4 is 0 Å². The van der Waals surface area contributed by atoms with Gasteiger partial charge in [-0.3, -0.25) is 4.79 Å². The van der Waals surface area contributed by atoms with Gasteiger partial charge >= 0.3 is 5.97 Å².